The second-order valence-corrected chi connectivity index (χ2v) is 8.18. The summed E-state index contributed by atoms with van der Waals surface area (Å²) in [6, 6.07) is 6.96. The Morgan fingerprint density at radius 1 is 1.21 bits per heavy atom. The highest BCUT2D eigenvalue weighted by Gasteiger charge is 2.28. The lowest BCUT2D eigenvalue weighted by Gasteiger charge is -2.10. The van der Waals surface area contributed by atoms with Crippen LogP contribution in [-0.4, -0.2) is 28.3 Å². The van der Waals surface area contributed by atoms with Crippen molar-refractivity contribution >= 4 is 39.1 Å². The lowest BCUT2D eigenvalue weighted by atomic mass is 10.1. The molecule has 2 heterocycles. The Morgan fingerprint density at radius 2 is 1.97 bits per heavy atom. The molecular formula is C22H22N4O2S. The van der Waals surface area contributed by atoms with Crippen molar-refractivity contribution in [1.29, 1.82) is 0 Å². The molecule has 1 aromatic carbocycles. The fourth-order valence-corrected chi connectivity index (χ4v) is 4.46. The lowest BCUT2D eigenvalue weighted by Crippen LogP contribution is -2.25. The third-order valence-corrected chi connectivity index (χ3v) is 6.15. The number of aromatic nitrogens is 2. The summed E-state index contributed by atoms with van der Waals surface area (Å²) in [6.45, 7) is 7.85. The summed E-state index contributed by atoms with van der Waals surface area (Å²) in [6.07, 6.45) is 3.87. The summed E-state index contributed by atoms with van der Waals surface area (Å²) in [5.74, 6) is 0.831. The number of carbonyl (C=O) groups excluding carboxylic acids is 2. The first-order valence-corrected chi connectivity index (χ1v) is 10.4. The van der Waals surface area contributed by atoms with Gasteiger partial charge in [0.05, 0.1) is 21.8 Å². The van der Waals surface area contributed by atoms with Crippen LogP contribution in [0.25, 0.3) is 10.2 Å². The minimum Gasteiger partial charge on any atom is -0.349 e. The Morgan fingerprint density at radius 3 is 2.69 bits per heavy atom. The van der Waals surface area contributed by atoms with E-state index in [0.717, 1.165) is 40.1 Å². The highest BCUT2D eigenvalue weighted by Crippen LogP contribution is 2.40. The zero-order chi connectivity index (χ0) is 20.5. The van der Waals surface area contributed by atoms with Gasteiger partial charge in [-0.1, -0.05) is 18.2 Å². The molecule has 3 aromatic rings. The van der Waals surface area contributed by atoms with Crippen LogP contribution in [-0.2, 0) is 0 Å². The van der Waals surface area contributed by atoms with Gasteiger partial charge in [-0.25, -0.2) is 9.97 Å². The average molecular weight is 407 g/mol. The van der Waals surface area contributed by atoms with E-state index in [2.05, 4.69) is 22.2 Å². The Bertz CT molecular complexity index is 1130. The Labute approximate surface area is 173 Å². The van der Waals surface area contributed by atoms with E-state index < -0.39 is 0 Å². The quantitative estimate of drug-likeness (QED) is 0.596. The number of hydrogen-bond donors (Lipinski definition) is 2. The van der Waals surface area contributed by atoms with Crippen LogP contribution >= 0.6 is 11.3 Å². The highest BCUT2D eigenvalue weighted by molar-refractivity contribution is 7.20. The molecule has 2 amide bonds. The van der Waals surface area contributed by atoms with Gasteiger partial charge in [-0.3, -0.25) is 9.59 Å². The molecule has 0 radical (unpaired) electrons. The molecule has 1 fully saturated rings. The number of carbonyl (C=O) groups is 2. The van der Waals surface area contributed by atoms with Gasteiger partial charge in [-0.05, 0) is 44.4 Å². The van der Waals surface area contributed by atoms with E-state index in [1.807, 2.05) is 13.8 Å². The van der Waals surface area contributed by atoms with E-state index in [-0.39, 0.29) is 11.8 Å². The molecule has 0 bridgehead atoms. The van der Waals surface area contributed by atoms with E-state index in [4.69, 9.17) is 4.98 Å². The first kappa shape index (κ1) is 19.3. The molecule has 148 valence electrons. The van der Waals surface area contributed by atoms with Crippen LogP contribution in [0.2, 0.25) is 0 Å². The van der Waals surface area contributed by atoms with Gasteiger partial charge in [0.25, 0.3) is 11.8 Å². The third kappa shape index (κ3) is 3.78. The maximum atomic E-state index is 13.0. The molecule has 0 atom stereocenters. The summed E-state index contributed by atoms with van der Waals surface area (Å²) in [4.78, 5) is 36.2. The zero-order valence-electron chi connectivity index (χ0n) is 16.4. The molecule has 2 N–H and O–H groups in total. The number of para-hydroxylation sites is 1. The smallest absolute Gasteiger partial charge is 0.266 e. The minimum atomic E-state index is -0.260. The van der Waals surface area contributed by atoms with Crippen molar-refractivity contribution in [2.24, 2.45) is 0 Å². The normalized spacial score (nSPS) is 13.3. The summed E-state index contributed by atoms with van der Waals surface area (Å²) >= 11 is 1.38. The van der Waals surface area contributed by atoms with E-state index >= 15 is 0 Å². The SMILES string of the molecule is C=CCNC(=O)c1ccccc1NC(=O)c1sc2nc(C3CC3)nc(C)c2c1C. The molecule has 0 spiro atoms. The highest BCUT2D eigenvalue weighted by atomic mass is 32.1. The maximum absolute atomic E-state index is 13.0. The number of nitrogens with zero attached hydrogens (tertiary/aromatic N) is 2. The molecule has 7 heteroatoms. The number of anilines is 1. The van der Waals surface area contributed by atoms with Crippen molar-refractivity contribution in [2.45, 2.75) is 32.6 Å². The van der Waals surface area contributed by atoms with Gasteiger partial charge in [0, 0.05) is 17.8 Å². The van der Waals surface area contributed by atoms with Crippen molar-refractivity contribution in [3.05, 3.63) is 64.4 Å². The first-order valence-electron chi connectivity index (χ1n) is 9.56. The molecule has 0 aliphatic heterocycles. The molecular weight excluding hydrogens is 384 g/mol. The van der Waals surface area contributed by atoms with Gasteiger partial charge in [0.1, 0.15) is 10.7 Å². The lowest BCUT2D eigenvalue weighted by molar-refractivity contribution is 0.0959. The molecule has 1 aliphatic carbocycles. The van der Waals surface area contributed by atoms with Gasteiger partial charge in [0.2, 0.25) is 0 Å². The number of rotatable bonds is 6. The summed E-state index contributed by atoms with van der Waals surface area (Å²) in [5, 5.41) is 6.58. The summed E-state index contributed by atoms with van der Waals surface area (Å²) in [5.41, 5.74) is 2.66. The minimum absolute atomic E-state index is 0.248. The molecule has 1 saturated carbocycles. The van der Waals surface area contributed by atoms with Crippen LogP contribution in [0.4, 0.5) is 5.69 Å². The topological polar surface area (TPSA) is 84.0 Å². The Balaban J connectivity index is 1.65. The van der Waals surface area contributed by atoms with E-state index in [9.17, 15) is 9.59 Å². The average Bonchev–Trinajstić information content (AvgIpc) is 3.50. The van der Waals surface area contributed by atoms with Crippen molar-refractivity contribution in [3.63, 3.8) is 0 Å². The van der Waals surface area contributed by atoms with Gasteiger partial charge in [0.15, 0.2) is 0 Å². The van der Waals surface area contributed by atoms with E-state index in [1.54, 1.807) is 30.3 Å². The van der Waals surface area contributed by atoms with E-state index in [0.29, 0.717) is 28.6 Å². The second-order valence-electron chi connectivity index (χ2n) is 7.18. The van der Waals surface area contributed by atoms with Crippen molar-refractivity contribution < 1.29 is 9.59 Å². The van der Waals surface area contributed by atoms with Gasteiger partial charge in [-0.2, -0.15) is 0 Å². The van der Waals surface area contributed by atoms with Crippen molar-refractivity contribution in [1.82, 2.24) is 15.3 Å². The molecule has 0 unspecified atom stereocenters. The van der Waals surface area contributed by atoms with Crippen LogP contribution in [0.1, 0.15) is 55.9 Å². The van der Waals surface area contributed by atoms with Crippen LogP contribution < -0.4 is 10.6 Å². The second kappa shape index (κ2) is 7.75. The number of amides is 2. The zero-order valence-corrected chi connectivity index (χ0v) is 17.2. The van der Waals surface area contributed by atoms with Crippen molar-refractivity contribution in [3.8, 4) is 0 Å². The molecule has 0 saturated heterocycles. The summed E-state index contributed by atoms with van der Waals surface area (Å²) < 4.78 is 0. The fourth-order valence-electron chi connectivity index (χ4n) is 3.33. The summed E-state index contributed by atoms with van der Waals surface area (Å²) in [7, 11) is 0. The van der Waals surface area contributed by atoms with Gasteiger partial charge >= 0.3 is 0 Å². The number of benzene rings is 1. The predicted octanol–water partition coefficient (Wildman–Crippen LogP) is 4.35. The number of aryl methyl sites for hydroxylation is 2. The van der Waals surface area contributed by atoms with Gasteiger partial charge < -0.3 is 10.6 Å². The Hall–Kier alpha value is -3.06. The molecule has 4 rings (SSSR count). The standard InChI is InChI=1S/C22H22N4O2S/c1-4-11-23-20(27)15-7-5-6-8-16(15)25-21(28)18-12(2)17-13(3)24-19(14-9-10-14)26-22(17)29-18/h4-8,14H,1,9-11H2,2-3H3,(H,23,27)(H,25,28). The Kier molecular flexibility index (Phi) is 5.15. The number of fused-ring (bicyclic) bond motifs is 1. The number of nitrogens with one attached hydrogen (secondary N) is 2. The van der Waals surface area contributed by atoms with Crippen LogP contribution in [0, 0.1) is 13.8 Å². The van der Waals surface area contributed by atoms with Crippen molar-refractivity contribution in [2.75, 3.05) is 11.9 Å². The van der Waals surface area contributed by atoms with Crippen LogP contribution in [0.3, 0.4) is 0 Å². The first-order chi connectivity index (χ1) is 14.0. The number of thiophene rings is 1. The predicted molar refractivity (Wildman–Crippen MR) is 116 cm³/mol. The molecule has 2 aromatic heterocycles. The molecule has 1 aliphatic rings. The van der Waals surface area contributed by atoms with Gasteiger partial charge in [-0.15, -0.1) is 17.9 Å². The fraction of sp³-hybridized carbons (Fsp3) is 0.273. The monoisotopic (exact) mass is 406 g/mol. The largest absolute Gasteiger partial charge is 0.349 e. The number of hydrogen-bond acceptors (Lipinski definition) is 5. The molecule has 6 nitrogen and oxygen atoms in total. The van der Waals surface area contributed by atoms with E-state index in [1.165, 1.54) is 11.3 Å². The third-order valence-electron chi connectivity index (χ3n) is 4.96. The van der Waals surface area contributed by atoms with Crippen LogP contribution in [0.5, 0.6) is 0 Å². The maximum Gasteiger partial charge on any atom is 0.266 e. The van der Waals surface area contributed by atoms with Crippen LogP contribution in [0.15, 0.2) is 36.9 Å². The molecule has 29 heavy (non-hydrogen) atoms.